The molecule has 1 aromatic carbocycles. The number of rotatable bonds is 3. The maximum atomic E-state index is 11.8. The second-order valence-corrected chi connectivity index (χ2v) is 7.14. The van der Waals surface area contributed by atoms with Gasteiger partial charge in [-0.25, -0.2) is 0 Å². The first-order chi connectivity index (χ1) is 6.87. The fraction of sp³-hybridized carbons (Fsp3) is 0.333. The van der Waals surface area contributed by atoms with Crippen molar-refractivity contribution in [1.29, 1.82) is 0 Å². The van der Waals surface area contributed by atoms with Crippen molar-refractivity contribution >= 4 is 20.2 Å². The first-order valence-corrected chi connectivity index (χ1v) is 9.11. The molecule has 0 saturated carbocycles. The van der Waals surface area contributed by atoms with Crippen LogP contribution in [0.3, 0.4) is 0 Å². The van der Waals surface area contributed by atoms with Gasteiger partial charge < -0.3 is 0 Å². The fourth-order valence-corrected chi connectivity index (χ4v) is 2.18. The molecule has 0 N–H and O–H groups in total. The summed E-state index contributed by atoms with van der Waals surface area (Å²) in [6.45, 7) is 0. The second kappa shape index (κ2) is 4.91. The quantitative estimate of drug-likeness (QED) is 0.621. The molecule has 0 fully saturated rings. The van der Waals surface area contributed by atoms with Crippen molar-refractivity contribution in [3.63, 3.8) is 0 Å². The van der Waals surface area contributed by atoms with Gasteiger partial charge in [0.15, 0.2) is 0 Å². The maximum absolute atomic E-state index is 11.8. The number of hydrogen-bond donors (Lipinski definition) is 0. The normalized spacial score (nSPS) is 12.2. The Bertz CT molecular complexity index is 308. The average Bonchev–Trinajstić information content (AvgIpc) is 2.05. The molecular weight excluding hydrogens is 324 g/mol. The standard InChI is InChI=1S/C9H10F3IO2/c1-13(2)15-8-5-3-7(4-6-8)14-9(10,11)12/h3-6H,1-2H3. The Kier molecular flexibility index (Phi) is 4.06. The summed E-state index contributed by atoms with van der Waals surface area (Å²) in [6.07, 6.45) is -4.64. The topological polar surface area (TPSA) is 18.5 Å². The van der Waals surface area contributed by atoms with E-state index >= 15 is 0 Å². The molecule has 86 valence electrons. The molecule has 0 radical (unpaired) electrons. The van der Waals surface area contributed by atoms with Crippen LogP contribution in [0.2, 0.25) is 0 Å². The van der Waals surface area contributed by atoms with Gasteiger partial charge in [0.25, 0.3) is 0 Å². The molecule has 0 bridgehead atoms. The predicted octanol–water partition coefficient (Wildman–Crippen LogP) is 3.65. The third kappa shape index (κ3) is 5.10. The van der Waals surface area contributed by atoms with E-state index in [1.165, 1.54) is 24.3 Å². The summed E-state index contributed by atoms with van der Waals surface area (Å²) in [6, 6.07) is 5.42. The van der Waals surface area contributed by atoms with E-state index in [-0.39, 0.29) is 5.75 Å². The molecule has 0 aromatic heterocycles. The zero-order chi connectivity index (χ0) is 11.5. The van der Waals surface area contributed by atoms with Crippen LogP contribution in [0.4, 0.5) is 13.2 Å². The Labute approximate surface area is 93.3 Å². The van der Waals surface area contributed by atoms with Crippen LogP contribution in [0.5, 0.6) is 11.5 Å². The molecule has 0 heterocycles. The summed E-state index contributed by atoms with van der Waals surface area (Å²) in [5.41, 5.74) is 0. The molecule has 2 nitrogen and oxygen atoms in total. The van der Waals surface area contributed by atoms with Gasteiger partial charge in [0, 0.05) is 0 Å². The van der Waals surface area contributed by atoms with Crippen LogP contribution in [0, 0.1) is 0 Å². The Morgan fingerprint density at radius 3 is 1.87 bits per heavy atom. The third-order valence-corrected chi connectivity index (χ3v) is 2.69. The molecule has 0 spiro atoms. The van der Waals surface area contributed by atoms with Gasteiger partial charge in [-0.3, -0.25) is 0 Å². The number of ether oxygens (including phenoxy) is 1. The van der Waals surface area contributed by atoms with Crippen LogP contribution >= 0.6 is 20.2 Å². The van der Waals surface area contributed by atoms with Gasteiger partial charge >= 0.3 is 93.2 Å². The molecule has 0 unspecified atom stereocenters. The molecule has 0 aliphatic heterocycles. The van der Waals surface area contributed by atoms with Crippen LogP contribution in [0.1, 0.15) is 0 Å². The van der Waals surface area contributed by atoms with Crippen molar-refractivity contribution < 1.29 is 21.0 Å². The zero-order valence-corrected chi connectivity index (χ0v) is 10.3. The van der Waals surface area contributed by atoms with Crippen LogP contribution in [0.15, 0.2) is 24.3 Å². The Morgan fingerprint density at radius 2 is 1.47 bits per heavy atom. The molecule has 0 saturated heterocycles. The van der Waals surface area contributed by atoms with Crippen LogP contribution in [-0.2, 0) is 0 Å². The number of hydrogen-bond acceptors (Lipinski definition) is 2. The zero-order valence-electron chi connectivity index (χ0n) is 8.14. The minimum atomic E-state index is -4.64. The first-order valence-electron chi connectivity index (χ1n) is 3.91. The molecule has 0 aliphatic carbocycles. The first kappa shape index (κ1) is 12.4. The molecule has 1 rings (SSSR count). The summed E-state index contributed by atoms with van der Waals surface area (Å²) in [5.74, 6) is 0.349. The molecule has 0 atom stereocenters. The predicted molar refractivity (Wildman–Crippen MR) is 59.6 cm³/mol. The van der Waals surface area contributed by atoms with Crippen LogP contribution in [-0.4, -0.2) is 16.2 Å². The van der Waals surface area contributed by atoms with Gasteiger partial charge in [0.05, 0.1) is 0 Å². The molecule has 1 aromatic rings. The van der Waals surface area contributed by atoms with Crippen molar-refractivity contribution in [3.05, 3.63) is 24.3 Å². The molecule has 6 heteroatoms. The molecule has 15 heavy (non-hydrogen) atoms. The Morgan fingerprint density at radius 1 is 1.00 bits per heavy atom. The molecule has 0 amide bonds. The van der Waals surface area contributed by atoms with Crippen molar-refractivity contribution in [2.75, 3.05) is 9.86 Å². The number of halogens is 4. The summed E-state index contributed by atoms with van der Waals surface area (Å²) >= 11 is -1.37. The molecular formula is C9H10F3IO2. The average molecular weight is 334 g/mol. The summed E-state index contributed by atoms with van der Waals surface area (Å²) in [4.78, 5) is 3.98. The third-order valence-electron chi connectivity index (χ3n) is 1.30. The minimum absolute atomic E-state index is 0.234. The van der Waals surface area contributed by atoms with E-state index in [1.807, 2.05) is 9.86 Å². The van der Waals surface area contributed by atoms with Crippen LogP contribution in [0.25, 0.3) is 0 Å². The van der Waals surface area contributed by atoms with E-state index < -0.39 is 26.6 Å². The van der Waals surface area contributed by atoms with Gasteiger partial charge in [-0.2, -0.15) is 0 Å². The van der Waals surface area contributed by atoms with E-state index in [0.29, 0.717) is 5.75 Å². The van der Waals surface area contributed by atoms with Crippen LogP contribution < -0.4 is 7.80 Å². The van der Waals surface area contributed by atoms with Crippen molar-refractivity contribution in [1.82, 2.24) is 0 Å². The van der Waals surface area contributed by atoms with E-state index in [0.717, 1.165) is 0 Å². The number of benzene rings is 1. The monoisotopic (exact) mass is 334 g/mol. The summed E-state index contributed by atoms with van der Waals surface area (Å²) < 4.78 is 44.6. The van der Waals surface area contributed by atoms with Crippen molar-refractivity contribution in [2.24, 2.45) is 0 Å². The summed E-state index contributed by atoms with van der Waals surface area (Å²) in [7, 11) is 0. The molecule has 0 aliphatic rings. The van der Waals surface area contributed by atoms with E-state index in [4.69, 9.17) is 3.07 Å². The Hall–Kier alpha value is -0.660. The SMILES string of the molecule is CI(C)Oc1ccc(OC(F)(F)F)cc1. The van der Waals surface area contributed by atoms with E-state index in [1.54, 1.807) is 0 Å². The van der Waals surface area contributed by atoms with Gasteiger partial charge in [0.2, 0.25) is 0 Å². The van der Waals surface area contributed by atoms with E-state index in [2.05, 4.69) is 4.74 Å². The van der Waals surface area contributed by atoms with Crippen molar-refractivity contribution in [2.45, 2.75) is 6.36 Å². The van der Waals surface area contributed by atoms with Gasteiger partial charge in [-0.15, -0.1) is 0 Å². The van der Waals surface area contributed by atoms with Gasteiger partial charge in [-0.05, 0) is 0 Å². The summed E-state index contributed by atoms with van der Waals surface area (Å²) in [5, 5.41) is 0. The van der Waals surface area contributed by atoms with Gasteiger partial charge in [0.1, 0.15) is 0 Å². The van der Waals surface area contributed by atoms with Crippen molar-refractivity contribution in [3.8, 4) is 11.5 Å². The second-order valence-electron chi connectivity index (χ2n) is 2.78. The van der Waals surface area contributed by atoms with Gasteiger partial charge in [-0.1, -0.05) is 0 Å². The number of alkyl halides is 5. The van der Waals surface area contributed by atoms with E-state index in [9.17, 15) is 13.2 Å². The Balaban J connectivity index is 2.64. The fourth-order valence-electron chi connectivity index (χ4n) is 0.871.